The maximum absolute atomic E-state index is 13.3. The summed E-state index contributed by atoms with van der Waals surface area (Å²) >= 11 is 0. The molecule has 1 N–H and O–H groups in total. The van der Waals surface area contributed by atoms with Crippen LogP contribution in [0.25, 0.3) is 0 Å². The molecule has 2 aromatic rings. The van der Waals surface area contributed by atoms with E-state index in [4.69, 9.17) is 14.0 Å². The highest BCUT2D eigenvalue weighted by atomic mass is 32.2. The van der Waals surface area contributed by atoms with Crippen molar-refractivity contribution in [2.75, 3.05) is 39.6 Å². The fourth-order valence-electron chi connectivity index (χ4n) is 4.51. The van der Waals surface area contributed by atoms with Crippen LogP contribution >= 0.6 is 0 Å². The third kappa shape index (κ3) is 3.51. The molecule has 13 heteroatoms. The molecule has 1 aromatic heterocycles. The molecule has 4 heterocycles. The van der Waals surface area contributed by atoms with Gasteiger partial charge in [-0.3, -0.25) is 9.69 Å². The van der Waals surface area contributed by atoms with Gasteiger partial charge in [-0.25, -0.2) is 18.1 Å². The molecule has 12 nitrogen and oxygen atoms in total. The van der Waals surface area contributed by atoms with Crippen molar-refractivity contribution >= 4 is 22.0 Å². The lowest BCUT2D eigenvalue weighted by molar-refractivity contribution is -0.132. The van der Waals surface area contributed by atoms with Gasteiger partial charge in [0.15, 0.2) is 17.3 Å². The molecule has 3 aliphatic heterocycles. The number of carbonyl (C=O) groups is 2. The lowest BCUT2D eigenvalue weighted by Crippen LogP contribution is -2.52. The van der Waals surface area contributed by atoms with Gasteiger partial charge in [0.2, 0.25) is 16.8 Å². The van der Waals surface area contributed by atoms with E-state index in [2.05, 4.69) is 10.5 Å². The second-order valence-corrected chi connectivity index (χ2v) is 10.5. The molecular formula is C21H25N5O7S. The van der Waals surface area contributed by atoms with Crippen molar-refractivity contribution in [3.05, 3.63) is 35.2 Å². The van der Waals surface area contributed by atoms with Crippen molar-refractivity contribution < 1.29 is 32.0 Å². The van der Waals surface area contributed by atoms with Crippen LogP contribution in [0.1, 0.15) is 23.9 Å². The molecule has 1 aromatic carbocycles. The van der Waals surface area contributed by atoms with Crippen molar-refractivity contribution in [2.24, 2.45) is 0 Å². The molecule has 0 radical (unpaired) electrons. The molecular weight excluding hydrogens is 466 g/mol. The molecule has 2 fully saturated rings. The van der Waals surface area contributed by atoms with E-state index < -0.39 is 21.6 Å². The Bertz CT molecular complexity index is 1250. The van der Waals surface area contributed by atoms with Gasteiger partial charge in [-0.05, 0) is 38.5 Å². The number of nitrogens with one attached hydrogen (secondary N) is 1. The Morgan fingerprint density at radius 3 is 2.47 bits per heavy atom. The van der Waals surface area contributed by atoms with Gasteiger partial charge < -0.3 is 19.3 Å². The number of nitrogens with zero attached hydrogens (tertiary/aromatic N) is 4. The normalized spacial score (nSPS) is 23.6. The molecule has 1 unspecified atom stereocenters. The van der Waals surface area contributed by atoms with E-state index in [1.165, 1.54) is 4.31 Å². The number of imide groups is 1. The summed E-state index contributed by atoms with van der Waals surface area (Å²) in [4.78, 5) is 29.1. The average molecular weight is 492 g/mol. The third-order valence-corrected chi connectivity index (χ3v) is 8.61. The number of rotatable bonds is 5. The van der Waals surface area contributed by atoms with Crippen LogP contribution in [0, 0.1) is 13.8 Å². The quantitative estimate of drug-likeness (QED) is 0.601. The maximum atomic E-state index is 13.3. The average Bonchev–Trinajstić information content (AvgIpc) is 3.47. The molecule has 0 saturated carbocycles. The van der Waals surface area contributed by atoms with Crippen molar-refractivity contribution in [3.63, 3.8) is 0 Å². The first-order valence-electron chi connectivity index (χ1n) is 10.8. The summed E-state index contributed by atoms with van der Waals surface area (Å²) in [6.07, 6.45) is 0. The number of ether oxygens (including phenoxy) is 2. The zero-order valence-electron chi connectivity index (χ0n) is 19.0. The Hall–Kier alpha value is -3.16. The minimum Gasteiger partial charge on any atom is -0.454 e. The number of piperazine rings is 1. The van der Waals surface area contributed by atoms with Gasteiger partial charge in [0.05, 0.1) is 6.67 Å². The molecule has 182 valence electrons. The summed E-state index contributed by atoms with van der Waals surface area (Å²) in [6.45, 7) is 6.14. The zero-order chi connectivity index (χ0) is 24.3. The van der Waals surface area contributed by atoms with E-state index >= 15 is 0 Å². The largest absolute Gasteiger partial charge is 0.454 e. The lowest BCUT2D eigenvalue weighted by Gasteiger charge is -2.35. The molecule has 1 atom stereocenters. The van der Waals surface area contributed by atoms with Gasteiger partial charge in [0.1, 0.15) is 16.1 Å². The highest BCUT2D eigenvalue weighted by Gasteiger charge is 2.50. The van der Waals surface area contributed by atoms with Crippen LogP contribution in [-0.2, 0) is 20.4 Å². The van der Waals surface area contributed by atoms with E-state index in [0.717, 1.165) is 4.90 Å². The molecule has 0 aliphatic carbocycles. The fourth-order valence-corrected chi connectivity index (χ4v) is 6.23. The number of aryl methyl sites for hydroxylation is 2. The Morgan fingerprint density at radius 2 is 1.79 bits per heavy atom. The predicted octanol–water partition coefficient (Wildman–Crippen LogP) is 0.751. The standard InChI is InChI=1S/C21H25N5O7S/c1-13-18(14(2)33-23-13)34(29,30)25-8-6-24(7-9-25)11-26-19(27)21(3,22-20(26)28)15-4-5-16-17(10-15)32-12-31-16/h4-5,10H,6-9,11-12H2,1-3H3,(H,22,28). The molecule has 5 rings (SSSR count). The lowest BCUT2D eigenvalue weighted by atomic mass is 9.92. The first-order valence-corrected chi connectivity index (χ1v) is 12.2. The minimum absolute atomic E-state index is 0.0595. The molecule has 0 spiro atoms. The number of benzene rings is 1. The van der Waals surface area contributed by atoms with Crippen LogP contribution < -0.4 is 14.8 Å². The fraction of sp³-hybridized carbons (Fsp3) is 0.476. The summed E-state index contributed by atoms with van der Waals surface area (Å²) in [5.41, 5.74) is -0.331. The summed E-state index contributed by atoms with van der Waals surface area (Å²) in [5.74, 6) is 0.976. The smallest absolute Gasteiger partial charge is 0.326 e. The number of hydrogen-bond donors (Lipinski definition) is 1. The minimum atomic E-state index is -3.74. The highest BCUT2D eigenvalue weighted by molar-refractivity contribution is 7.89. The van der Waals surface area contributed by atoms with Crippen LogP contribution in [0.3, 0.4) is 0 Å². The summed E-state index contributed by atoms with van der Waals surface area (Å²) in [7, 11) is -3.74. The zero-order valence-corrected chi connectivity index (χ0v) is 19.8. The Labute approximate surface area is 196 Å². The molecule has 0 bridgehead atoms. The number of hydrogen-bond acceptors (Lipinski definition) is 9. The SMILES string of the molecule is Cc1noc(C)c1S(=O)(=O)N1CCN(CN2C(=O)NC(C)(c3ccc4c(c3)OCO4)C2=O)CC1. The van der Waals surface area contributed by atoms with Crippen LogP contribution in [0.4, 0.5) is 4.79 Å². The maximum Gasteiger partial charge on any atom is 0.326 e. The second-order valence-electron chi connectivity index (χ2n) is 8.67. The van der Waals surface area contributed by atoms with Crippen molar-refractivity contribution in [1.29, 1.82) is 0 Å². The van der Waals surface area contributed by atoms with Gasteiger partial charge in [-0.15, -0.1) is 0 Å². The van der Waals surface area contributed by atoms with Gasteiger partial charge in [0.25, 0.3) is 5.91 Å². The Balaban J connectivity index is 1.26. The van der Waals surface area contributed by atoms with E-state index in [9.17, 15) is 18.0 Å². The molecule has 3 amide bonds. The van der Waals surface area contributed by atoms with Gasteiger partial charge in [0, 0.05) is 26.2 Å². The second kappa shape index (κ2) is 7.96. The number of carbonyl (C=O) groups excluding carboxylic acids is 2. The topological polar surface area (TPSA) is 135 Å². The van der Waals surface area contributed by atoms with E-state index in [0.29, 0.717) is 35.8 Å². The Morgan fingerprint density at radius 1 is 1.09 bits per heavy atom. The van der Waals surface area contributed by atoms with E-state index in [1.807, 2.05) is 4.90 Å². The van der Waals surface area contributed by atoms with Crippen LogP contribution in [0.15, 0.2) is 27.6 Å². The monoisotopic (exact) mass is 491 g/mol. The number of fused-ring (bicyclic) bond motifs is 1. The molecule has 3 aliphatic rings. The van der Waals surface area contributed by atoms with Crippen molar-refractivity contribution in [2.45, 2.75) is 31.2 Å². The first-order chi connectivity index (χ1) is 16.1. The summed E-state index contributed by atoms with van der Waals surface area (Å²) < 4.78 is 43.2. The predicted molar refractivity (Wildman–Crippen MR) is 116 cm³/mol. The molecule has 34 heavy (non-hydrogen) atoms. The van der Waals surface area contributed by atoms with Crippen LogP contribution in [0.2, 0.25) is 0 Å². The highest BCUT2D eigenvalue weighted by Crippen LogP contribution is 2.38. The van der Waals surface area contributed by atoms with E-state index in [1.54, 1.807) is 39.0 Å². The van der Waals surface area contributed by atoms with E-state index in [-0.39, 0.29) is 43.1 Å². The third-order valence-electron chi connectivity index (χ3n) is 6.46. The van der Waals surface area contributed by atoms with Gasteiger partial charge >= 0.3 is 6.03 Å². The number of aromatic nitrogens is 1. The van der Waals surface area contributed by atoms with Crippen molar-refractivity contribution in [1.82, 2.24) is 24.6 Å². The number of urea groups is 1. The molecule has 2 saturated heterocycles. The van der Waals surface area contributed by atoms with Crippen LogP contribution in [0.5, 0.6) is 11.5 Å². The Kier molecular flexibility index (Phi) is 5.30. The summed E-state index contributed by atoms with van der Waals surface area (Å²) in [6, 6.07) is 4.63. The number of sulfonamides is 1. The van der Waals surface area contributed by atoms with Crippen molar-refractivity contribution in [3.8, 4) is 11.5 Å². The summed E-state index contributed by atoms with van der Waals surface area (Å²) in [5, 5.41) is 6.52. The van der Waals surface area contributed by atoms with Gasteiger partial charge in [-0.1, -0.05) is 11.2 Å². The van der Waals surface area contributed by atoms with Crippen LogP contribution in [-0.4, -0.2) is 79.3 Å². The number of amides is 3. The first kappa shape index (κ1) is 22.6. The van der Waals surface area contributed by atoms with Gasteiger partial charge in [-0.2, -0.15) is 4.31 Å².